The molecule has 4 nitrogen and oxygen atoms in total. The van der Waals surface area contributed by atoms with Gasteiger partial charge < -0.3 is 0 Å². The molecule has 0 spiro atoms. The predicted octanol–water partition coefficient (Wildman–Crippen LogP) is 3.33. The van der Waals surface area contributed by atoms with Crippen LogP contribution in [0.4, 0.5) is 0 Å². The first-order valence-corrected chi connectivity index (χ1v) is 9.01. The highest BCUT2D eigenvalue weighted by atomic mass is 32.2. The molecule has 1 aliphatic rings. The van der Waals surface area contributed by atoms with Crippen molar-refractivity contribution in [1.29, 1.82) is 0 Å². The standard InChI is InChI=1S/C16H24N2O2S/c1-4-5-8-11-16(2,3)12-17-15-13-9-6-7-10-14(13)21(19,20)18-15/h6-7,9-10H,4-5,8,11-12H2,1-3H3,(H,17,18). The Morgan fingerprint density at radius 3 is 2.62 bits per heavy atom. The largest absolute Gasteiger partial charge is 0.267 e. The highest BCUT2D eigenvalue weighted by Crippen LogP contribution is 2.26. The SMILES string of the molecule is CCCCCC(C)(C)CN=C1NS(=O)(=O)c2ccccc21. The third-order valence-electron chi connectivity index (χ3n) is 3.79. The number of hydrogen-bond acceptors (Lipinski definition) is 3. The van der Waals surface area contributed by atoms with Crippen LogP contribution in [0, 0.1) is 5.41 Å². The van der Waals surface area contributed by atoms with E-state index in [0.717, 1.165) is 6.42 Å². The van der Waals surface area contributed by atoms with E-state index < -0.39 is 10.0 Å². The molecule has 0 amide bonds. The van der Waals surface area contributed by atoms with E-state index in [1.165, 1.54) is 19.3 Å². The molecular formula is C16H24N2O2S. The fourth-order valence-corrected chi connectivity index (χ4v) is 3.73. The Morgan fingerprint density at radius 2 is 1.90 bits per heavy atom. The fourth-order valence-electron chi connectivity index (χ4n) is 2.48. The van der Waals surface area contributed by atoms with E-state index in [4.69, 9.17) is 0 Å². The van der Waals surface area contributed by atoms with E-state index in [1.807, 2.05) is 6.07 Å². The van der Waals surface area contributed by atoms with Crippen molar-refractivity contribution in [3.8, 4) is 0 Å². The van der Waals surface area contributed by atoms with Crippen LogP contribution < -0.4 is 4.72 Å². The average molecular weight is 308 g/mol. The topological polar surface area (TPSA) is 58.5 Å². The van der Waals surface area contributed by atoms with Crippen LogP contribution in [0.3, 0.4) is 0 Å². The molecule has 0 unspecified atom stereocenters. The average Bonchev–Trinajstić information content (AvgIpc) is 2.69. The molecule has 1 aromatic rings. The first-order valence-electron chi connectivity index (χ1n) is 7.52. The highest BCUT2D eigenvalue weighted by Gasteiger charge is 2.30. The van der Waals surface area contributed by atoms with Gasteiger partial charge in [0.1, 0.15) is 5.84 Å². The Bertz CT molecular complexity index is 633. The number of hydrogen-bond donors (Lipinski definition) is 1. The van der Waals surface area contributed by atoms with Crippen molar-refractivity contribution < 1.29 is 8.42 Å². The number of nitrogens with zero attached hydrogens (tertiary/aromatic N) is 1. The molecule has 0 radical (unpaired) electrons. The van der Waals surface area contributed by atoms with Crippen LogP contribution in [0.15, 0.2) is 34.2 Å². The Balaban J connectivity index is 2.13. The summed E-state index contributed by atoms with van der Waals surface area (Å²) in [6.07, 6.45) is 4.73. The minimum Gasteiger partial charge on any atom is -0.267 e. The maximum Gasteiger partial charge on any atom is 0.263 e. The third-order valence-corrected chi connectivity index (χ3v) is 5.18. The van der Waals surface area contributed by atoms with Gasteiger partial charge in [0.25, 0.3) is 10.0 Å². The molecule has 116 valence electrons. The van der Waals surface area contributed by atoms with E-state index in [0.29, 0.717) is 22.8 Å². The van der Waals surface area contributed by atoms with Crippen LogP contribution in [0.2, 0.25) is 0 Å². The van der Waals surface area contributed by atoms with Gasteiger partial charge in [-0.05, 0) is 24.0 Å². The molecule has 0 aliphatic carbocycles. The second-order valence-corrected chi connectivity index (χ2v) is 8.04. The number of benzene rings is 1. The lowest BCUT2D eigenvalue weighted by molar-refractivity contribution is 0.333. The Hall–Kier alpha value is -1.36. The molecule has 21 heavy (non-hydrogen) atoms. The predicted molar refractivity (Wildman–Crippen MR) is 86.1 cm³/mol. The summed E-state index contributed by atoms with van der Waals surface area (Å²) in [5.74, 6) is 0.481. The van der Waals surface area contributed by atoms with E-state index in [1.54, 1.807) is 18.2 Å². The number of aliphatic imine (C=N–C) groups is 1. The van der Waals surface area contributed by atoms with Crippen molar-refractivity contribution in [2.75, 3.05) is 6.54 Å². The molecule has 1 aromatic carbocycles. The quantitative estimate of drug-likeness (QED) is 0.819. The normalized spacial score (nSPS) is 18.5. The molecule has 0 bridgehead atoms. The minimum atomic E-state index is -3.42. The molecule has 0 fully saturated rings. The summed E-state index contributed by atoms with van der Waals surface area (Å²) in [5, 5.41) is 0. The number of sulfonamides is 1. The first kappa shape index (κ1) is 16.0. The zero-order valence-electron chi connectivity index (χ0n) is 13.0. The van der Waals surface area contributed by atoms with E-state index in [-0.39, 0.29) is 5.41 Å². The number of unbranched alkanes of at least 4 members (excludes halogenated alkanes) is 2. The number of rotatable bonds is 6. The van der Waals surface area contributed by atoms with Crippen molar-refractivity contribution in [3.63, 3.8) is 0 Å². The first-order chi connectivity index (χ1) is 9.86. The molecule has 0 saturated heterocycles. The summed E-state index contributed by atoms with van der Waals surface area (Å²) in [7, 11) is -3.42. The van der Waals surface area contributed by atoms with Gasteiger partial charge in [0.2, 0.25) is 0 Å². The summed E-state index contributed by atoms with van der Waals surface area (Å²) in [6.45, 7) is 7.19. The van der Waals surface area contributed by atoms with Gasteiger partial charge in [0.05, 0.1) is 4.90 Å². The number of amidine groups is 1. The second-order valence-electron chi connectivity index (χ2n) is 6.39. The van der Waals surface area contributed by atoms with Crippen molar-refractivity contribution >= 4 is 15.9 Å². The number of nitrogens with one attached hydrogen (secondary N) is 1. The smallest absolute Gasteiger partial charge is 0.263 e. The van der Waals surface area contributed by atoms with Crippen LogP contribution in [-0.2, 0) is 10.0 Å². The lowest BCUT2D eigenvalue weighted by Crippen LogP contribution is -2.24. The fraction of sp³-hybridized carbons (Fsp3) is 0.562. The van der Waals surface area contributed by atoms with Gasteiger partial charge >= 0.3 is 0 Å². The Morgan fingerprint density at radius 1 is 1.19 bits per heavy atom. The van der Waals surface area contributed by atoms with Crippen molar-refractivity contribution in [2.24, 2.45) is 10.4 Å². The zero-order chi connectivity index (χ0) is 15.5. The summed E-state index contributed by atoms with van der Waals surface area (Å²) in [6, 6.07) is 6.99. The maximum absolute atomic E-state index is 12.0. The van der Waals surface area contributed by atoms with Crippen LogP contribution in [-0.4, -0.2) is 20.8 Å². The monoisotopic (exact) mass is 308 g/mol. The van der Waals surface area contributed by atoms with Gasteiger partial charge in [-0.15, -0.1) is 0 Å². The van der Waals surface area contributed by atoms with Crippen molar-refractivity contribution in [1.82, 2.24) is 4.72 Å². The van der Waals surface area contributed by atoms with Crippen LogP contribution in [0.1, 0.15) is 52.0 Å². The molecule has 0 saturated carbocycles. The van der Waals surface area contributed by atoms with Gasteiger partial charge in [-0.2, -0.15) is 0 Å². The summed E-state index contributed by atoms with van der Waals surface area (Å²) >= 11 is 0. The molecule has 2 rings (SSSR count). The van der Waals surface area contributed by atoms with Crippen LogP contribution in [0.25, 0.3) is 0 Å². The van der Waals surface area contributed by atoms with Gasteiger partial charge in [0.15, 0.2) is 0 Å². The molecule has 1 heterocycles. The lowest BCUT2D eigenvalue weighted by atomic mass is 9.87. The van der Waals surface area contributed by atoms with Gasteiger partial charge in [-0.1, -0.05) is 52.2 Å². The van der Waals surface area contributed by atoms with Crippen LogP contribution >= 0.6 is 0 Å². The summed E-state index contributed by atoms with van der Waals surface area (Å²) < 4.78 is 26.6. The Labute approximate surface area is 127 Å². The second kappa shape index (κ2) is 6.18. The van der Waals surface area contributed by atoms with Gasteiger partial charge in [-0.3, -0.25) is 9.71 Å². The maximum atomic E-state index is 12.0. The molecule has 5 heteroatoms. The van der Waals surface area contributed by atoms with E-state index in [2.05, 4.69) is 30.5 Å². The van der Waals surface area contributed by atoms with Crippen molar-refractivity contribution in [2.45, 2.75) is 51.3 Å². The number of fused-ring (bicyclic) bond motifs is 1. The Kier molecular flexibility index (Phi) is 4.71. The summed E-state index contributed by atoms with van der Waals surface area (Å²) in [5.41, 5.74) is 0.771. The third kappa shape index (κ3) is 3.84. The molecule has 0 aromatic heterocycles. The molecule has 1 N–H and O–H groups in total. The summed E-state index contributed by atoms with van der Waals surface area (Å²) in [4.78, 5) is 4.86. The van der Waals surface area contributed by atoms with E-state index >= 15 is 0 Å². The minimum absolute atomic E-state index is 0.0884. The highest BCUT2D eigenvalue weighted by molar-refractivity contribution is 7.90. The molecule has 1 aliphatic heterocycles. The van der Waals surface area contributed by atoms with Crippen molar-refractivity contribution in [3.05, 3.63) is 29.8 Å². The van der Waals surface area contributed by atoms with Crippen LogP contribution in [0.5, 0.6) is 0 Å². The molecular weight excluding hydrogens is 284 g/mol. The van der Waals surface area contributed by atoms with Gasteiger partial charge in [0, 0.05) is 12.1 Å². The zero-order valence-corrected chi connectivity index (χ0v) is 13.8. The lowest BCUT2D eigenvalue weighted by Gasteiger charge is -2.22. The van der Waals surface area contributed by atoms with E-state index in [9.17, 15) is 8.42 Å². The van der Waals surface area contributed by atoms with Gasteiger partial charge in [-0.25, -0.2) is 8.42 Å². The molecule has 0 atom stereocenters.